The van der Waals surface area contributed by atoms with Gasteiger partial charge in [0, 0.05) is 33.0 Å². The molecule has 0 aliphatic carbocycles. The Kier molecular flexibility index (Phi) is 12.5. The Bertz CT molecular complexity index is 1000. The lowest BCUT2D eigenvalue weighted by molar-refractivity contribution is 0.412. The van der Waals surface area contributed by atoms with E-state index in [4.69, 9.17) is 6.42 Å². The molecule has 6 nitrogen and oxygen atoms in total. The number of anilines is 1. The Morgan fingerprint density at radius 2 is 2.12 bits per heavy atom. The van der Waals surface area contributed by atoms with E-state index in [1.165, 1.54) is 13.0 Å². The second-order valence-corrected chi connectivity index (χ2v) is 7.13. The van der Waals surface area contributed by atoms with Crippen molar-refractivity contribution in [3.05, 3.63) is 83.8 Å². The summed E-state index contributed by atoms with van der Waals surface area (Å²) in [5, 5.41) is 2.91. The van der Waals surface area contributed by atoms with Crippen molar-refractivity contribution in [3.8, 4) is 12.3 Å². The summed E-state index contributed by atoms with van der Waals surface area (Å²) in [6.07, 6.45) is 21.1. The normalized spacial score (nSPS) is 13.6. The lowest BCUT2D eigenvalue weighted by Gasteiger charge is -2.14. The number of hydrogen-bond acceptors (Lipinski definition) is 5. The Hall–Kier alpha value is -3.76. The first-order valence-electron chi connectivity index (χ1n) is 10.4. The first-order valence-corrected chi connectivity index (χ1v) is 10.4. The molecule has 0 spiro atoms. The number of allylic oxidation sites excluding steroid dienone is 5. The maximum Gasteiger partial charge on any atom is 0.222 e. The van der Waals surface area contributed by atoms with Crippen molar-refractivity contribution < 1.29 is 4.39 Å². The smallest absolute Gasteiger partial charge is 0.222 e. The maximum absolute atomic E-state index is 13.3. The summed E-state index contributed by atoms with van der Waals surface area (Å²) in [5.41, 5.74) is 3.00. The number of terminal acetylenes is 1. The Morgan fingerprint density at radius 1 is 1.36 bits per heavy atom. The molecule has 1 N–H and O–H groups in total. The highest BCUT2D eigenvalue weighted by molar-refractivity contribution is 5.66. The van der Waals surface area contributed by atoms with Crippen LogP contribution in [0.3, 0.4) is 0 Å². The first kappa shape index (κ1) is 27.3. The second-order valence-electron chi connectivity index (χ2n) is 7.13. The van der Waals surface area contributed by atoms with E-state index in [0.717, 1.165) is 12.1 Å². The van der Waals surface area contributed by atoms with Gasteiger partial charge < -0.3 is 10.2 Å². The predicted octanol–water partition coefficient (Wildman–Crippen LogP) is 4.83. The molecule has 0 unspecified atom stereocenters. The molecule has 0 fully saturated rings. The SMILES string of the molecule is C#CCN(C)CC(/C=C\N(C)C=NC(=C/c1ccnc(NC)n1)/C(C=C)=C/C=C(\C)F)=C/C. The minimum atomic E-state index is -0.314. The molecule has 0 bridgehead atoms. The lowest BCUT2D eigenvalue weighted by atomic mass is 10.1. The quantitative estimate of drug-likeness (QED) is 0.215. The molecule has 0 saturated heterocycles. The highest BCUT2D eigenvalue weighted by atomic mass is 19.1. The minimum Gasteiger partial charge on any atom is -0.357 e. The molecule has 1 heterocycles. The van der Waals surface area contributed by atoms with Crippen LogP contribution in [0.4, 0.5) is 10.3 Å². The fraction of sp³-hybridized carbons (Fsp3) is 0.269. The average Bonchev–Trinajstić information content (AvgIpc) is 2.80. The zero-order valence-electron chi connectivity index (χ0n) is 20.1. The molecule has 1 rings (SSSR count). The van der Waals surface area contributed by atoms with Gasteiger partial charge in [-0.15, -0.1) is 6.42 Å². The standard InChI is InChI=1S/C26H33FN6/c1-8-16-32(6)19-22(9-2)14-17-33(7)20-30-25(23(10-3)12-11-21(4)27)18-24-13-15-29-26(28-5)31-24/h1,9-15,17-18,20H,3,16,19H2,2,4-7H3,(H,28,29,31)/b17-14-,21-11+,22-9+,23-12+,25-18+,30-20?. The maximum atomic E-state index is 13.3. The van der Waals surface area contributed by atoms with Gasteiger partial charge in [-0.3, -0.25) is 4.90 Å². The molecule has 0 aliphatic heterocycles. The second kappa shape index (κ2) is 15.1. The van der Waals surface area contributed by atoms with E-state index in [2.05, 4.69) is 37.7 Å². The molecule has 7 heteroatoms. The molecule has 0 aromatic carbocycles. The van der Waals surface area contributed by atoms with Gasteiger partial charge in [-0.25, -0.2) is 19.4 Å². The summed E-state index contributed by atoms with van der Waals surface area (Å²) in [6, 6.07) is 1.77. The predicted molar refractivity (Wildman–Crippen MR) is 138 cm³/mol. The van der Waals surface area contributed by atoms with Crippen molar-refractivity contribution >= 4 is 18.4 Å². The van der Waals surface area contributed by atoms with E-state index in [9.17, 15) is 4.39 Å². The van der Waals surface area contributed by atoms with Crippen LogP contribution in [-0.4, -0.2) is 60.3 Å². The van der Waals surface area contributed by atoms with Crippen LogP contribution in [0.25, 0.3) is 6.08 Å². The average molecular weight is 449 g/mol. The van der Waals surface area contributed by atoms with Crippen LogP contribution >= 0.6 is 0 Å². The molecular formula is C26H33FN6. The summed E-state index contributed by atoms with van der Waals surface area (Å²) in [6.45, 7) is 8.53. The lowest BCUT2D eigenvalue weighted by Crippen LogP contribution is -2.21. The third-order valence-electron chi connectivity index (χ3n) is 4.28. The van der Waals surface area contributed by atoms with Gasteiger partial charge in [-0.1, -0.05) is 30.7 Å². The Balaban J connectivity index is 3.19. The van der Waals surface area contributed by atoms with Gasteiger partial charge in [0.1, 0.15) is 0 Å². The van der Waals surface area contributed by atoms with Gasteiger partial charge >= 0.3 is 0 Å². The van der Waals surface area contributed by atoms with Crippen LogP contribution in [0.15, 0.2) is 83.1 Å². The molecule has 1 aromatic rings. The van der Waals surface area contributed by atoms with Crippen LogP contribution in [0, 0.1) is 12.3 Å². The van der Waals surface area contributed by atoms with Crippen LogP contribution in [0.2, 0.25) is 0 Å². The molecule has 174 valence electrons. The summed E-state index contributed by atoms with van der Waals surface area (Å²) in [4.78, 5) is 17.0. The Morgan fingerprint density at radius 3 is 2.73 bits per heavy atom. The van der Waals surface area contributed by atoms with E-state index < -0.39 is 0 Å². The van der Waals surface area contributed by atoms with E-state index in [1.807, 2.05) is 44.3 Å². The van der Waals surface area contributed by atoms with E-state index >= 15 is 0 Å². The first-order chi connectivity index (χ1) is 15.8. The zero-order chi connectivity index (χ0) is 24.6. The number of aromatic nitrogens is 2. The van der Waals surface area contributed by atoms with Crippen molar-refractivity contribution in [1.29, 1.82) is 0 Å². The highest BCUT2D eigenvalue weighted by Gasteiger charge is 2.03. The van der Waals surface area contributed by atoms with Crippen LogP contribution < -0.4 is 5.32 Å². The van der Waals surface area contributed by atoms with Gasteiger partial charge in [0.25, 0.3) is 0 Å². The van der Waals surface area contributed by atoms with E-state index in [0.29, 0.717) is 29.5 Å². The van der Waals surface area contributed by atoms with E-state index in [-0.39, 0.29) is 5.83 Å². The summed E-state index contributed by atoms with van der Waals surface area (Å²) >= 11 is 0. The molecule has 0 amide bonds. The number of nitrogens with one attached hydrogen (secondary N) is 1. The summed E-state index contributed by atoms with van der Waals surface area (Å²) < 4.78 is 13.3. The molecule has 0 saturated carbocycles. The van der Waals surface area contributed by atoms with Crippen LogP contribution in [0.5, 0.6) is 0 Å². The Labute approximate surface area is 197 Å². The van der Waals surface area contributed by atoms with E-state index in [1.54, 1.807) is 43.9 Å². The number of likely N-dealkylation sites (N-methyl/N-ethyl adjacent to an activating group) is 1. The minimum absolute atomic E-state index is 0.314. The van der Waals surface area contributed by atoms with Gasteiger partial charge in [0.15, 0.2) is 0 Å². The van der Waals surface area contributed by atoms with Crippen LogP contribution in [0.1, 0.15) is 19.5 Å². The number of halogens is 1. The van der Waals surface area contributed by atoms with Crippen molar-refractivity contribution in [2.75, 3.05) is 39.5 Å². The van der Waals surface area contributed by atoms with Crippen molar-refractivity contribution in [2.45, 2.75) is 13.8 Å². The molecule has 0 radical (unpaired) electrons. The molecule has 0 atom stereocenters. The highest BCUT2D eigenvalue weighted by Crippen LogP contribution is 2.18. The zero-order valence-corrected chi connectivity index (χ0v) is 20.1. The monoisotopic (exact) mass is 448 g/mol. The van der Waals surface area contributed by atoms with Crippen molar-refractivity contribution in [1.82, 2.24) is 19.8 Å². The van der Waals surface area contributed by atoms with Gasteiger partial charge in [0.2, 0.25) is 5.95 Å². The van der Waals surface area contributed by atoms with Crippen molar-refractivity contribution in [3.63, 3.8) is 0 Å². The molecule has 0 aliphatic rings. The third-order valence-corrected chi connectivity index (χ3v) is 4.28. The van der Waals surface area contributed by atoms with Crippen molar-refractivity contribution in [2.24, 2.45) is 4.99 Å². The largest absolute Gasteiger partial charge is 0.357 e. The summed E-state index contributed by atoms with van der Waals surface area (Å²) in [7, 11) is 5.60. The fourth-order valence-electron chi connectivity index (χ4n) is 2.54. The topological polar surface area (TPSA) is 56.6 Å². The van der Waals surface area contributed by atoms with Gasteiger partial charge in [0.05, 0.1) is 30.1 Å². The number of aliphatic imine (C=N–C) groups is 1. The van der Waals surface area contributed by atoms with Gasteiger partial charge in [-0.05, 0) is 56.3 Å². The number of nitrogens with zero attached hydrogens (tertiary/aromatic N) is 5. The van der Waals surface area contributed by atoms with Gasteiger partial charge in [-0.2, -0.15) is 0 Å². The summed E-state index contributed by atoms with van der Waals surface area (Å²) in [5.74, 6) is 2.81. The molecule has 1 aromatic heterocycles. The number of rotatable bonds is 12. The third kappa shape index (κ3) is 10.9. The number of hydrogen-bond donors (Lipinski definition) is 1. The fourth-order valence-corrected chi connectivity index (χ4v) is 2.54. The van der Waals surface area contributed by atoms with Crippen LogP contribution in [-0.2, 0) is 0 Å². The molecular weight excluding hydrogens is 415 g/mol. The molecule has 33 heavy (non-hydrogen) atoms.